The minimum atomic E-state index is 1.10. The number of aromatic nitrogens is 1. The lowest BCUT2D eigenvalue weighted by Crippen LogP contribution is -2.10. The van der Waals surface area contributed by atoms with Crippen molar-refractivity contribution in [2.75, 3.05) is 4.90 Å². The zero-order valence-electron chi connectivity index (χ0n) is 33.0. The molecule has 0 N–H and O–H groups in total. The van der Waals surface area contributed by atoms with E-state index in [4.69, 9.17) is 0 Å². The molecule has 0 atom stereocenters. The van der Waals surface area contributed by atoms with Crippen LogP contribution >= 0.6 is 0 Å². The average molecular weight is 765 g/mol. The molecule has 10 aromatic carbocycles. The zero-order valence-corrected chi connectivity index (χ0v) is 33.0. The van der Waals surface area contributed by atoms with Gasteiger partial charge < -0.3 is 9.47 Å². The Balaban J connectivity index is 0.938. The molecule has 11 aromatic rings. The van der Waals surface area contributed by atoms with Crippen LogP contribution in [0.3, 0.4) is 0 Å². The second-order valence-corrected chi connectivity index (χ2v) is 15.4. The maximum absolute atomic E-state index is 2.42. The number of hydrogen-bond donors (Lipinski definition) is 0. The molecule has 1 heterocycles. The standard InChI is InChI=1S/C58H40N2/c1-3-12-41(13-4-1)43-22-24-44(25-23-43)45-26-33-50(34-27-45)59(53-18-11-17-49(40-53)42-14-5-2-6-15-42)51-35-28-46(29-36-51)47-30-37-52(38-31-47)60-57-21-10-9-20-55(57)56-39-32-48-16-7-8-19-54(48)58(56)60/h1-40H. The zero-order chi connectivity index (χ0) is 39.8. The predicted molar refractivity (Wildman–Crippen MR) is 255 cm³/mol. The van der Waals surface area contributed by atoms with Crippen LogP contribution < -0.4 is 4.90 Å². The molecule has 0 radical (unpaired) electrons. The summed E-state index contributed by atoms with van der Waals surface area (Å²) in [7, 11) is 0. The van der Waals surface area contributed by atoms with Crippen molar-refractivity contribution in [1.29, 1.82) is 0 Å². The molecular weight excluding hydrogens is 725 g/mol. The first-order valence-corrected chi connectivity index (χ1v) is 20.6. The summed E-state index contributed by atoms with van der Waals surface area (Å²) in [5, 5.41) is 5.05. The van der Waals surface area contributed by atoms with Crippen molar-refractivity contribution in [3.05, 3.63) is 243 Å². The van der Waals surface area contributed by atoms with Crippen molar-refractivity contribution in [3.8, 4) is 50.2 Å². The van der Waals surface area contributed by atoms with Gasteiger partial charge in [0.15, 0.2) is 0 Å². The van der Waals surface area contributed by atoms with Crippen LogP contribution in [0.15, 0.2) is 243 Å². The third-order valence-electron chi connectivity index (χ3n) is 11.8. The normalized spacial score (nSPS) is 11.3. The number of anilines is 3. The van der Waals surface area contributed by atoms with Crippen LogP contribution in [-0.2, 0) is 0 Å². The molecule has 0 amide bonds. The van der Waals surface area contributed by atoms with E-state index < -0.39 is 0 Å². The van der Waals surface area contributed by atoms with E-state index in [0.29, 0.717) is 0 Å². The van der Waals surface area contributed by atoms with Crippen LogP contribution in [0.2, 0.25) is 0 Å². The topological polar surface area (TPSA) is 8.17 Å². The van der Waals surface area contributed by atoms with E-state index in [0.717, 1.165) is 22.7 Å². The fraction of sp³-hybridized carbons (Fsp3) is 0. The SMILES string of the molecule is c1ccc(-c2ccc(-c3ccc(N(c4ccc(-c5ccc(-n6c7ccccc7c7ccc8ccccc8c76)cc5)cc4)c4cccc(-c5ccccc5)c4)cc3)cc2)cc1. The largest absolute Gasteiger partial charge is 0.310 e. The van der Waals surface area contributed by atoms with Gasteiger partial charge in [0.25, 0.3) is 0 Å². The number of hydrogen-bond acceptors (Lipinski definition) is 1. The Hall–Kier alpha value is -7.94. The van der Waals surface area contributed by atoms with Crippen molar-refractivity contribution >= 4 is 49.6 Å². The molecule has 60 heavy (non-hydrogen) atoms. The van der Waals surface area contributed by atoms with E-state index in [2.05, 4.69) is 252 Å². The summed E-state index contributed by atoms with van der Waals surface area (Å²) in [5.41, 5.74) is 16.5. The Morgan fingerprint density at radius 2 is 0.717 bits per heavy atom. The Morgan fingerprint density at radius 1 is 0.267 bits per heavy atom. The van der Waals surface area contributed by atoms with E-state index in [9.17, 15) is 0 Å². The van der Waals surface area contributed by atoms with Gasteiger partial charge in [0.2, 0.25) is 0 Å². The molecule has 0 unspecified atom stereocenters. The van der Waals surface area contributed by atoms with Crippen molar-refractivity contribution in [2.24, 2.45) is 0 Å². The fourth-order valence-electron chi connectivity index (χ4n) is 8.80. The molecule has 11 rings (SSSR count). The van der Waals surface area contributed by atoms with Crippen LogP contribution in [0, 0.1) is 0 Å². The molecular formula is C58H40N2. The van der Waals surface area contributed by atoms with Crippen molar-refractivity contribution in [2.45, 2.75) is 0 Å². The van der Waals surface area contributed by atoms with Gasteiger partial charge in [-0.05, 0) is 104 Å². The van der Waals surface area contributed by atoms with Gasteiger partial charge >= 0.3 is 0 Å². The maximum Gasteiger partial charge on any atom is 0.0619 e. The molecule has 0 aliphatic carbocycles. The van der Waals surface area contributed by atoms with Gasteiger partial charge in [0.1, 0.15) is 0 Å². The number of para-hydroxylation sites is 1. The summed E-state index contributed by atoms with van der Waals surface area (Å²) in [5.74, 6) is 0. The summed E-state index contributed by atoms with van der Waals surface area (Å²) in [6, 6.07) is 87.7. The molecule has 0 aliphatic heterocycles. The summed E-state index contributed by atoms with van der Waals surface area (Å²) >= 11 is 0. The van der Waals surface area contributed by atoms with Gasteiger partial charge in [0.05, 0.1) is 11.0 Å². The molecule has 0 saturated carbocycles. The van der Waals surface area contributed by atoms with E-state index in [-0.39, 0.29) is 0 Å². The third kappa shape index (κ3) is 6.41. The fourth-order valence-corrected chi connectivity index (χ4v) is 8.80. The highest BCUT2D eigenvalue weighted by molar-refractivity contribution is 6.18. The Morgan fingerprint density at radius 3 is 1.32 bits per heavy atom. The lowest BCUT2D eigenvalue weighted by molar-refractivity contribution is 1.19. The number of nitrogens with zero attached hydrogens (tertiary/aromatic N) is 2. The Labute approximate surface area is 350 Å². The van der Waals surface area contributed by atoms with Gasteiger partial charge in [-0.3, -0.25) is 0 Å². The lowest BCUT2D eigenvalue weighted by atomic mass is 10.00. The first-order valence-electron chi connectivity index (χ1n) is 20.6. The molecule has 0 saturated heterocycles. The quantitative estimate of drug-likeness (QED) is 0.150. The van der Waals surface area contributed by atoms with E-state index in [1.54, 1.807) is 0 Å². The predicted octanol–water partition coefficient (Wildman–Crippen LogP) is 16.1. The van der Waals surface area contributed by atoms with Crippen LogP contribution in [0.25, 0.3) is 82.8 Å². The van der Waals surface area contributed by atoms with Crippen molar-refractivity contribution in [1.82, 2.24) is 4.57 Å². The molecule has 0 bridgehead atoms. The molecule has 0 spiro atoms. The first kappa shape index (κ1) is 35.2. The first-order chi connectivity index (χ1) is 29.7. The van der Waals surface area contributed by atoms with Crippen molar-refractivity contribution < 1.29 is 0 Å². The highest BCUT2D eigenvalue weighted by Gasteiger charge is 2.17. The van der Waals surface area contributed by atoms with Crippen LogP contribution in [0.1, 0.15) is 0 Å². The minimum Gasteiger partial charge on any atom is -0.310 e. The summed E-state index contributed by atoms with van der Waals surface area (Å²) in [6.45, 7) is 0. The minimum absolute atomic E-state index is 1.10. The summed E-state index contributed by atoms with van der Waals surface area (Å²) in [6.07, 6.45) is 0. The Bertz CT molecular complexity index is 3250. The van der Waals surface area contributed by atoms with Gasteiger partial charge in [-0.15, -0.1) is 0 Å². The van der Waals surface area contributed by atoms with Crippen LogP contribution in [0.4, 0.5) is 17.1 Å². The highest BCUT2D eigenvalue weighted by atomic mass is 15.1. The molecule has 2 heteroatoms. The monoisotopic (exact) mass is 764 g/mol. The molecule has 1 aromatic heterocycles. The van der Waals surface area contributed by atoms with Crippen LogP contribution in [0.5, 0.6) is 0 Å². The van der Waals surface area contributed by atoms with Crippen LogP contribution in [-0.4, -0.2) is 4.57 Å². The maximum atomic E-state index is 2.42. The average Bonchev–Trinajstić information content (AvgIpc) is 3.68. The molecule has 0 aliphatic rings. The van der Waals surface area contributed by atoms with Gasteiger partial charge in [0, 0.05) is 38.9 Å². The van der Waals surface area contributed by atoms with Gasteiger partial charge in [-0.25, -0.2) is 0 Å². The highest BCUT2D eigenvalue weighted by Crippen LogP contribution is 2.40. The molecule has 0 fully saturated rings. The van der Waals surface area contributed by atoms with E-state index in [1.807, 2.05) is 0 Å². The number of benzene rings is 10. The molecule has 2 nitrogen and oxygen atoms in total. The smallest absolute Gasteiger partial charge is 0.0619 e. The number of rotatable bonds is 8. The summed E-state index contributed by atoms with van der Waals surface area (Å²) < 4.78 is 2.42. The molecule has 282 valence electrons. The van der Waals surface area contributed by atoms with E-state index >= 15 is 0 Å². The lowest BCUT2D eigenvalue weighted by Gasteiger charge is -2.26. The third-order valence-corrected chi connectivity index (χ3v) is 11.8. The summed E-state index contributed by atoms with van der Waals surface area (Å²) in [4.78, 5) is 2.36. The Kier molecular flexibility index (Phi) is 8.87. The van der Waals surface area contributed by atoms with Gasteiger partial charge in [-0.2, -0.15) is 0 Å². The van der Waals surface area contributed by atoms with Crippen molar-refractivity contribution in [3.63, 3.8) is 0 Å². The van der Waals surface area contributed by atoms with E-state index in [1.165, 1.54) is 77.1 Å². The second kappa shape index (κ2) is 15.1. The van der Waals surface area contributed by atoms with Gasteiger partial charge in [-0.1, -0.05) is 188 Å². The second-order valence-electron chi connectivity index (χ2n) is 15.4. The number of fused-ring (bicyclic) bond motifs is 5.